The SMILES string of the molecule is OCC(O)COCC(F)(F)OC(F)(F)OC(F)(F)COCCOCC(O)COc1ccc2ccccc2c1. The smallest absolute Gasteiger partial charge is 0.491 e. The Hall–Kier alpha value is -2.24. The van der Waals surface area contributed by atoms with Crippen LogP contribution in [-0.4, -0.2) is 98.9 Å². The van der Waals surface area contributed by atoms with Crippen LogP contribution in [0.2, 0.25) is 0 Å². The molecule has 9 nitrogen and oxygen atoms in total. The lowest BCUT2D eigenvalue weighted by Crippen LogP contribution is -2.44. The highest BCUT2D eigenvalue weighted by Gasteiger charge is 2.52. The Bertz CT molecular complexity index is 966. The van der Waals surface area contributed by atoms with Gasteiger partial charge in [-0.25, -0.2) is 9.47 Å². The van der Waals surface area contributed by atoms with Crippen molar-refractivity contribution in [1.29, 1.82) is 0 Å². The Morgan fingerprint density at radius 1 is 0.684 bits per heavy atom. The van der Waals surface area contributed by atoms with E-state index in [1.54, 1.807) is 12.1 Å². The molecule has 0 amide bonds. The van der Waals surface area contributed by atoms with Crippen LogP contribution >= 0.6 is 0 Å². The number of rotatable bonds is 19. The summed E-state index contributed by atoms with van der Waals surface area (Å²) in [5, 5.41) is 29.3. The maximum absolute atomic E-state index is 13.6. The van der Waals surface area contributed by atoms with Crippen molar-refractivity contribution in [2.45, 2.75) is 30.7 Å². The highest BCUT2D eigenvalue weighted by molar-refractivity contribution is 5.83. The number of aliphatic hydroxyl groups is 3. The number of fused-ring (bicyclic) bond motifs is 1. The zero-order valence-corrected chi connectivity index (χ0v) is 19.9. The van der Waals surface area contributed by atoms with Gasteiger partial charge in [0.2, 0.25) is 0 Å². The standard InChI is InChI=1S/C23H28F6O9/c24-21(25,37-23(28,29)38-22(26,27)15-35-11-18(31)10-30)14-34-8-7-33-12-19(32)13-36-20-6-5-16-3-1-2-4-17(16)9-20/h1-6,9,18-19,30-32H,7-8,10-15H2. The monoisotopic (exact) mass is 562 g/mol. The van der Waals surface area contributed by atoms with Crippen molar-refractivity contribution in [1.82, 2.24) is 0 Å². The molecule has 0 aliphatic heterocycles. The van der Waals surface area contributed by atoms with Crippen molar-refractivity contribution in [2.75, 3.05) is 52.9 Å². The molecule has 2 aromatic carbocycles. The molecule has 0 heterocycles. The number of ether oxygens (including phenoxy) is 6. The maximum Gasteiger partial charge on any atom is 0.495 e. The van der Waals surface area contributed by atoms with Gasteiger partial charge in [0.05, 0.1) is 33.0 Å². The van der Waals surface area contributed by atoms with Crippen LogP contribution in [0.15, 0.2) is 42.5 Å². The molecule has 0 fully saturated rings. The summed E-state index contributed by atoms with van der Waals surface area (Å²) in [4.78, 5) is 0. The molecule has 2 unspecified atom stereocenters. The summed E-state index contributed by atoms with van der Waals surface area (Å²) in [5.41, 5.74) is 0. The van der Waals surface area contributed by atoms with E-state index >= 15 is 0 Å². The van der Waals surface area contributed by atoms with Crippen LogP contribution in [0.4, 0.5) is 26.3 Å². The van der Waals surface area contributed by atoms with Gasteiger partial charge >= 0.3 is 18.5 Å². The highest BCUT2D eigenvalue weighted by Crippen LogP contribution is 2.33. The van der Waals surface area contributed by atoms with Crippen LogP contribution < -0.4 is 4.74 Å². The summed E-state index contributed by atoms with van der Waals surface area (Å²) in [6.45, 7) is -6.48. The second-order valence-corrected chi connectivity index (χ2v) is 7.89. The van der Waals surface area contributed by atoms with E-state index in [9.17, 15) is 31.4 Å². The first-order valence-corrected chi connectivity index (χ1v) is 11.2. The molecule has 3 N–H and O–H groups in total. The summed E-state index contributed by atoms with van der Waals surface area (Å²) < 4.78 is 106. The van der Waals surface area contributed by atoms with Crippen molar-refractivity contribution in [3.63, 3.8) is 0 Å². The van der Waals surface area contributed by atoms with Gasteiger partial charge in [0.15, 0.2) is 0 Å². The second kappa shape index (κ2) is 14.8. The van der Waals surface area contributed by atoms with E-state index in [1.165, 1.54) is 0 Å². The Labute approximate surface area is 213 Å². The van der Waals surface area contributed by atoms with Crippen molar-refractivity contribution in [2.24, 2.45) is 0 Å². The first kappa shape index (κ1) is 32.0. The number of benzene rings is 2. The normalized spacial score (nSPS) is 14.6. The van der Waals surface area contributed by atoms with Crippen molar-refractivity contribution in [3.8, 4) is 5.75 Å². The van der Waals surface area contributed by atoms with E-state index in [-0.39, 0.29) is 19.8 Å². The molecule has 0 saturated carbocycles. The van der Waals surface area contributed by atoms with Crippen molar-refractivity contribution < 1.29 is 70.1 Å². The topological polar surface area (TPSA) is 116 Å². The first-order chi connectivity index (χ1) is 17.8. The summed E-state index contributed by atoms with van der Waals surface area (Å²) in [6, 6.07) is 12.9. The van der Waals surface area contributed by atoms with Gasteiger partial charge in [-0.15, -0.1) is 8.78 Å². The van der Waals surface area contributed by atoms with Crippen LogP contribution in [0.1, 0.15) is 0 Å². The average Bonchev–Trinajstić information content (AvgIpc) is 2.82. The summed E-state index contributed by atoms with van der Waals surface area (Å²) >= 11 is 0. The van der Waals surface area contributed by atoms with Gasteiger partial charge in [-0.3, -0.25) is 0 Å². The Kier molecular flexibility index (Phi) is 12.4. The predicted octanol–water partition coefficient (Wildman–Crippen LogP) is 2.75. The second-order valence-electron chi connectivity index (χ2n) is 7.89. The molecule has 15 heteroatoms. The first-order valence-electron chi connectivity index (χ1n) is 11.2. The lowest BCUT2D eigenvalue weighted by molar-refractivity contribution is -0.518. The zero-order valence-electron chi connectivity index (χ0n) is 19.9. The number of hydrogen-bond acceptors (Lipinski definition) is 9. The lowest BCUT2D eigenvalue weighted by Gasteiger charge is -2.26. The molecule has 0 aliphatic carbocycles. The maximum atomic E-state index is 13.6. The van der Waals surface area contributed by atoms with Gasteiger partial charge in [-0.2, -0.15) is 17.6 Å². The average molecular weight is 562 g/mol. The lowest BCUT2D eigenvalue weighted by atomic mass is 10.1. The van der Waals surface area contributed by atoms with E-state index < -0.39 is 63.8 Å². The number of alkyl halides is 6. The summed E-state index contributed by atoms with van der Waals surface area (Å²) in [5.74, 6) is 0.514. The molecule has 38 heavy (non-hydrogen) atoms. The van der Waals surface area contributed by atoms with E-state index in [0.29, 0.717) is 5.75 Å². The van der Waals surface area contributed by atoms with Crippen LogP contribution in [-0.2, 0) is 23.7 Å². The molecule has 2 rings (SSSR count). The van der Waals surface area contributed by atoms with Crippen molar-refractivity contribution in [3.05, 3.63) is 42.5 Å². The van der Waals surface area contributed by atoms with E-state index in [1.807, 2.05) is 30.3 Å². The fourth-order valence-corrected chi connectivity index (χ4v) is 2.82. The fourth-order valence-electron chi connectivity index (χ4n) is 2.82. The molecule has 0 spiro atoms. The Morgan fingerprint density at radius 3 is 1.92 bits per heavy atom. The predicted molar refractivity (Wildman–Crippen MR) is 118 cm³/mol. The Morgan fingerprint density at radius 2 is 1.26 bits per heavy atom. The number of hydrogen-bond donors (Lipinski definition) is 3. The fraction of sp³-hybridized carbons (Fsp3) is 0.565. The van der Waals surface area contributed by atoms with Crippen LogP contribution in [0.5, 0.6) is 5.75 Å². The van der Waals surface area contributed by atoms with Gasteiger partial charge in [0.25, 0.3) is 0 Å². The van der Waals surface area contributed by atoms with Gasteiger partial charge in [-0.1, -0.05) is 30.3 Å². The Balaban J connectivity index is 1.61. The number of aliphatic hydroxyl groups excluding tert-OH is 3. The molecule has 0 aromatic heterocycles. The molecule has 216 valence electrons. The van der Waals surface area contributed by atoms with Crippen LogP contribution in [0.25, 0.3) is 10.8 Å². The molecule has 0 aliphatic rings. The van der Waals surface area contributed by atoms with E-state index in [2.05, 4.69) is 18.9 Å². The molecular weight excluding hydrogens is 534 g/mol. The molecular formula is C23H28F6O9. The van der Waals surface area contributed by atoms with Crippen LogP contribution in [0.3, 0.4) is 0 Å². The largest absolute Gasteiger partial charge is 0.495 e. The minimum Gasteiger partial charge on any atom is -0.491 e. The molecule has 0 radical (unpaired) electrons. The van der Waals surface area contributed by atoms with Gasteiger partial charge in [-0.05, 0) is 22.9 Å². The third kappa shape index (κ3) is 12.5. The number of halogens is 6. The molecule has 2 aromatic rings. The third-order valence-electron chi connectivity index (χ3n) is 4.44. The van der Waals surface area contributed by atoms with Crippen molar-refractivity contribution >= 4 is 10.8 Å². The molecule has 2 atom stereocenters. The van der Waals surface area contributed by atoms with Gasteiger partial charge in [0, 0.05) is 0 Å². The zero-order chi connectivity index (χ0) is 28.2. The van der Waals surface area contributed by atoms with Gasteiger partial charge < -0.3 is 34.3 Å². The van der Waals surface area contributed by atoms with E-state index in [4.69, 9.17) is 19.7 Å². The minimum absolute atomic E-state index is 0.127. The molecule has 0 saturated heterocycles. The summed E-state index contributed by atoms with van der Waals surface area (Å²) in [7, 11) is 0. The summed E-state index contributed by atoms with van der Waals surface area (Å²) in [6.07, 6.45) is -17.5. The van der Waals surface area contributed by atoms with E-state index in [0.717, 1.165) is 10.8 Å². The molecule has 0 bridgehead atoms. The van der Waals surface area contributed by atoms with Crippen LogP contribution in [0, 0.1) is 0 Å². The quantitative estimate of drug-likeness (QED) is 0.135. The third-order valence-corrected chi connectivity index (χ3v) is 4.44. The minimum atomic E-state index is -5.43. The van der Waals surface area contributed by atoms with Gasteiger partial charge in [0.1, 0.15) is 37.8 Å². The highest BCUT2D eigenvalue weighted by atomic mass is 19.3.